The molecule has 152 valence electrons. The molecule has 1 aliphatic carbocycles. The van der Waals surface area contributed by atoms with Gasteiger partial charge in [-0.3, -0.25) is 14.3 Å². The molecular weight excluding hydrogens is 374 g/mol. The average molecular weight is 397 g/mol. The number of rotatable bonds is 6. The van der Waals surface area contributed by atoms with Crippen molar-refractivity contribution in [2.45, 2.75) is 38.0 Å². The summed E-state index contributed by atoms with van der Waals surface area (Å²) in [5.41, 5.74) is 1.70. The maximum Gasteiger partial charge on any atom is 0.251 e. The predicted molar refractivity (Wildman–Crippen MR) is 104 cm³/mol. The van der Waals surface area contributed by atoms with E-state index in [2.05, 4.69) is 31.1 Å². The zero-order valence-corrected chi connectivity index (χ0v) is 15.8. The van der Waals surface area contributed by atoms with E-state index < -0.39 is 12.1 Å². The minimum atomic E-state index is -0.678. The lowest BCUT2D eigenvalue weighted by molar-refractivity contribution is -0.127. The second-order valence-corrected chi connectivity index (χ2v) is 7.24. The quantitative estimate of drug-likeness (QED) is 0.470. The number of fused-ring (bicyclic) bond motifs is 1. The Morgan fingerprint density at radius 1 is 1.24 bits per heavy atom. The second kappa shape index (κ2) is 8.39. The van der Waals surface area contributed by atoms with E-state index in [0.29, 0.717) is 48.9 Å². The minimum Gasteiger partial charge on any atom is -0.391 e. The summed E-state index contributed by atoms with van der Waals surface area (Å²) < 4.78 is 1.75. The summed E-state index contributed by atoms with van der Waals surface area (Å²) in [4.78, 5) is 25.1. The van der Waals surface area contributed by atoms with Crippen LogP contribution in [0.3, 0.4) is 0 Å². The molecule has 4 N–H and O–H groups in total. The first-order valence-corrected chi connectivity index (χ1v) is 9.65. The number of nitrogens with zero attached hydrogens (tertiary/aromatic N) is 4. The number of aromatic amines is 1. The van der Waals surface area contributed by atoms with Crippen LogP contribution < -0.4 is 10.6 Å². The second-order valence-electron chi connectivity index (χ2n) is 7.24. The van der Waals surface area contributed by atoms with Gasteiger partial charge >= 0.3 is 0 Å². The Morgan fingerprint density at radius 3 is 2.93 bits per heavy atom. The molecule has 0 saturated heterocycles. The number of hydrogen-bond donors (Lipinski definition) is 4. The maximum atomic E-state index is 12.6. The molecule has 1 aliphatic rings. The van der Waals surface area contributed by atoms with E-state index in [9.17, 15) is 14.7 Å². The Labute approximate surface area is 166 Å². The van der Waals surface area contributed by atoms with E-state index in [1.807, 2.05) is 12.3 Å². The van der Waals surface area contributed by atoms with Gasteiger partial charge in [0.2, 0.25) is 5.91 Å². The highest BCUT2D eigenvalue weighted by Gasteiger charge is 2.33. The van der Waals surface area contributed by atoms with Gasteiger partial charge in [-0.05, 0) is 43.5 Å². The van der Waals surface area contributed by atoms with Crippen molar-refractivity contribution < 1.29 is 14.7 Å². The molecule has 2 aromatic heterocycles. The van der Waals surface area contributed by atoms with Crippen molar-refractivity contribution in [3.63, 3.8) is 0 Å². The lowest BCUT2D eigenvalue weighted by atomic mass is 9.83. The van der Waals surface area contributed by atoms with Crippen LogP contribution in [0.2, 0.25) is 0 Å². The van der Waals surface area contributed by atoms with Crippen molar-refractivity contribution in [2.24, 2.45) is 5.92 Å². The van der Waals surface area contributed by atoms with Gasteiger partial charge in [0.05, 0.1) is 18.7 Å². The normalized spacial score (nSPS) is 21.8. The van der Waals surface area contributed by atoms with Crippen LogP contribution in [0.4, 0.5) is 0 Å². The van der Waals surface area contributed by atoms with Crippen LogP contribution in [0.25, 0.3) is 11.0 Å². The largest absolute Gasteiger partial charge is 0.391 e. The van der Waals surface area contributed by atoms with Gasteiger partial charge in [-0.2, -0.15) is 20.5 Å². The van der Waals surface area contributed by atoms with Gasteiger partial charge in [-0.1, -0.05) is 0 Å². The first-order chi connectivity index (χ1) is 14.1. The molecule has 1 saturated carbocycles. The van der Waals surface area contributed by atoms with Crippen LogP contribution >= 0.6 is 0 Å². The number of benzene rings is 1. The smallest absolute Gasteiger partial charge is 0.251 e. The molecule has 0 aliphatic heterocycles. The number of carbonyl (C=O) groups excluding carboxylic acids is 2. The predicted octanol–water partition coefficient (Wildman–Crippen LogP) is 0.230. The van der Waals surface area contributed by atoms with Crippen LogP contribution in [-0.4, -0.2) is 60.8 Å². The minimum absolute atomic E-state index is 0.0627. The van der Waals surface area contributed by atoms with Gasteiger partial charge in [0.25, 0.3) is 5.91 Å². The van der Waals surface area contributed by atoms with E-state index in [-0.39, 0.29) is 17.7 Å². The molecule has 0 radical (unpaired) electrons. The zero-order valence-electron chi connectivity index (χ0n) is 15.8. The molecule has 2 heterocycles. The number of amides is 2. The van der Waals surface area contributed by atoms with E-state index in [1.54, 1.807) is 29.1 Å². The fourth-order valence-electron chi connectivity index (χ4n) is 3.65. The highest BCUT2D eigenvalue weighted by atomic mass is 16.3. The molecule has 4 rings (SSSR count). The highest BCUT2D eigenvalue weighted by molar-refractivity contribution is 5.97. The summed E-state index contributed by atoms with van der Waals surface area (Å²) in [7, 11) is 0. The van der Waals surface area contributed by atoms with Crippen molar-refractivity contribution in [3.05, 3.63) is 42.2 Å². The van der Waals surface area contributed by atoms with Crippen molar-refractivity contribution in [2.75, 3.05) is 6.54 Å². The number of aliphatic hydroxyl groups is 1. The standard InChI is InChI=1S/C19H23N7O3/c27-17-5-3-12(18(28)20-7-9-26-8-1-6-21-26)11-16(17)22-19(29)13-2-4-14-15(10-13)24-25-23-14/h1-2,4,6,8,10,12,16-17,27H,3,5,7,9,11H2,(H,20,28)(H,22,29)(H,23,24,25)/t12-,16+,17+/m0/s1. The summed E-state index contributed by atoms with van der Waals surface area (Å²) in [5, 5.41) is 30.7. The first kappa shape index (κ1) is 19.1. The van der Waals surface area contributed by atoms with Gasteiger partial charge in [-0.25, -0.2) is 0 Å². The lowest BCUT2D eigenvalue weighted by Gasteiger charge is -2.33. The molecule has 0 unspecified atom stereocenters. The van der Waals surface area contributed by atoms with Crippen LogP contribution in [-0.2, 0) is 11.3 Å². The van der Waals surface area contributed by atoms with Gasteiger partial charge in [0, 0.05) is 30.4 Å². The van der Waals surface area contributed by atoms with E-state index >= 15 is 0 Å². The van der Waals surface area contributed by atoms with Crippen LogP contribution in [0.5, 0.6) is 0 Å². The topological polar surface area (TPSA) is 138 Å². The Morgan fingerprint density at radius 2 is 2.10 bits per heavy atom. The van der Waals surface area contributed by atoms with Crippen molar-refractivity contribution in [3.8, 4) is 0 Å². The van der Waals surface area contributed by atoms with Crippen molar-refractivity contribution in [1.82, 2.24) is 35.8 Å². The maximum absolute atomic E-state index is 12.6. The third-order valence-electron chi connectivity index (χ3n) is 5.28. The molecule has 0 spiro atoms. The molecule has 3 aromatic rings. The molecule has 1 fully saturated rings. The number of aliphatic hydroxyl groups excluding tert-OH is 1. The Bertz CT molecular complexity index is 985. The summed E-state index contributed by atoms with van der Waals surface area (Å²) >= 11 is 0. The highest BCUT2D eigenvalue weighted by Crippen LogP contribution is 2.25. The summed E-state index contributed by atoms with van der Waals surface area (Å²) in [6, 6.07) is 6.36. The molecule has 29 heavy (non-hydrogen) atoms. The van der Waals surface area contributed by atoms with Crippen LogP contribution in [0, 0.1) is 5.92 Å². The molecule has 10 nitrogen and oxygen atoms in total. The Kier molecular flexibility index (Phi) is 5.52. The van der Waals surface area contributed by atoms with Crippen molar-refractivity contribution >= 4 is 22.8 Å². The molecular formula is C19H23N7O3. The fourth-order valence-corrected chi connectivity index (χ4v) is 3.65. The van der Waals surface area contributed by atoms with E-state index in [0.717, 1.165) is 0 Å². The molecule has 3 atom stereocenters. The van der Waals surface area contributed by atoms with Gasteiger partial charge in [-0.15, -0.1) is 0 Å². The van der Waals surface area contributed by atoms with Gasteiger partial charge < -0.3 is 15.7 Å². The van der Waals surface area contributed by atoms with Crippen LogP contribution in [0.1, 0.15) is 29.6 Å². The summed E-state index contributed by atoms with van der Waals surface area (Å²) in [6.07, 6.45) is 4.30. The third kappa shape index (κ3) is 4.43. The SMILES string of the molecule is O=C(N[C@@H]1C[C@@H](C(=O)NCCn2cccn2)CC[C@H]1O)c1ccc2n[nH]nc2c1. The van der Waals surface area contributed by atoms with E-state index in [1.165, 1.54) is 0 Å². The molecule has 1 aromatic carbocycles. The summed E-state index contributed by atoms with van der Waals surface area (Å²) in [5.74, 6) is -0.620. The number of H-pyrrole nitrogens is 1. The fraction of sp³-hybridized carbons (Fsp3) is 0.421. The Balaban J connectivity index is 1.33. The molecule has 10 heteroatoms. The number of aromatic nitrogens is 5. The number of carbonyl (C=O) groups is 2. The first-order valence-electron chi connectivity index (χ1n) is 9.65. The lowest BCUT2D eigenvalue weighted by Crippen LogP contribution is -2.49. The van der Waals surface area contributed by atoms with E-state index in [4.69, 9.17) is 0 Å². The number of hydrogen-bond acceptors (Lipinski definition) is 6. The van der Waals surface area contributed by atoms with Gasteiger partial charge in [0.15, 0.2) is 0 Å². The van der Waals surface area contributed by atoms with Crippen molar-refractivity contribution in [1.29, 1.82) is 0 Å². The molecule has 0 bridgehead atoms. The third-order valence-corrected chi connectivity index (χ3v) is 5.28. The summed E-state index contributed by atoms with van der Waals surface area (Å²) in [6.45, 7) is 1.08. The monoisotopic (exact) mass is 397 g/mol. The number of nitrogens with one attached hydrogen (secondary N) is 3. The van der Waals surface area contributed by atoms with Crippen LogP contribution in [0.15, 0.2) is 36.7 Å². The average Bonchev–Trinajstić information content (AvgIpc) is 3.40. The molecule has 2 amide bonds. The Hall–Kier alpha value is -3.27. The zero-order chi connectivity index (χ0) is 20.2. The van der Waals surface area contributed by atoms with Gasteiger partial charge in [0.1, 0.15) is 11.0 Å².